The number of ether oxygens (including phenoxy) is 1. The van der Waals surface area contributed by atoms with Crippen LogP contribution in [0.3, 0.4) is 0 Å². The zero-order valence-corrected chi connectivity index (χ0v) is 16.1. The number of thioether (sulfide) groups is 1. The SMILES string of the molecule is COc1ccc(NC(=O)CSCC(=O)Nc2cccc(C(C)C)c2)cc1. The number of nitrogens with one attached hydrogen (secondary N) is 2. The van der Waals surface area contributed by atoms with Gasteiger partial charge in [0.25, 0.3) is 0 Å². The molecule has 26 heavy (non-hydrogen) atoms. The fraction of sp³-hybridized carbons (Fsp3) is 0.300. The molecule has 0 heterocycles. The fourth-order valence-corrected chi connectivity index (χ4v) is 2.90. The molecule has 2 amide bonds. The topological polar surface area (TPSA) is 67.4 Å². The second kappa shape index (κ2) is 9.87. The minimum atomic E-state index is -0.144. The molecule has 0 bridgehead atoms. The molecule has 0 aromatic heterocycles. The quantitative estimate of drug-likeness (QED) is 0.731. The molecule has 0 radical (unpaired) electrons. The van der Waals surface area contributed by atoms with Crippen LogP contribution in [0, 0.1) is 0 Å². The van der Waals surface area contributed by atoms with Crippen molar-refractivity contribution in [1.29, 1.82) is 0 Å². The van der Waals surface area contributed by atoms with E-state index >= 15 is 0 Å². The third kappa shape index (κ3) is 6.44. The molecule has 6 heteroatoms. The highest BCUT2D eigenvalue weighted by Crippen LogP contribution is 2.19. The maximum absolute atomic E-state index is 12.0. The van der Waals surface area contributed by atoms with E-state index in [0.29, 0.717) is 11.6 Å². The molecule has 0 saturated heterocycles. The summed E-state index contributed by atoms with van der Waals surface area (Å²) in [7, 11) is 1.59. The third-order valence-electron chi connectivity index (χ3n) is 3.68. The van der Waals surface area contributed by atoms with Crippen molar-refractivity contribution in [2.45, 2.75) is 19.8 Å². The van der Waals surface area contributed by atoms with Gasteiger partial charge in [0.2, 0.25) is 11.8 Å². The number of benzene rings is 2. The molecule has 0 aliphatic rings. The smallest absolute Gasteiger partial charge is 0.234 e. The molecule has 0 unspecified atom stereocenters. The minimum Gasteiger partial charge on any atom is -0.497 e. The van der Waals surface area contributed by atoms with Crippen LogP contribution in [0.25, 0.3) is 0 Å². The Morgan fingerprint density at radius 2 is 1.58 bits per heavy atom. The summed E-state index contributed by atoms with van der Waals surface area (Å²) in [5, 5.41) is 5.66. The molecule has 0 spiro atoms. The standard InChI is InChI=1S/C20H24N2O3S/c1-14(2)15-5-4-6-17(11-15)22-20(24)13-26-12-19(23)21-16-7-9-18(25-3)10-8-16/h4-11,14H,12-13H2,1-3H3,(H,21,23)(H,22,24). The van der Waals surface area contributed by atoms with E-state index in [1.54, 1.807) is 31.4 Å². The van der Waals surface area contributed by atoms with Crippen molar-refractivity contribution in [1.82, 2.24) is 0 Å². The lowest BCUT2D eigenvalue weighted by molar-refractivity contribution is -0.114. The van der Waals surface area contributed by atoms with E-state index in [1.807, 2.05) is 24.3 Å². The summed E-state index contributed by atoms with van der Waals surface area (Å²) >= 11 is 1.28. The number of methoxy groups -OCH3 is 1. The van der Waals surface area contributed by atoms with Crippen molar-refractivity contribution >= 4 is 35.0 Å². The predicted molar refractivity (Wildman–Crippen MR) is 108 cm³/mol. The lowest BCUT2D eigenvalue weighted by Crippen LogP contribution is -2.18. The van der Waals surface area contributed by atoms with Crippen LogP contribution in [0.15, 0.2) is 48.5 Å². The zero-order chi connectivity index (χ0) is 18.9. The van der Waals surface area contributed by atoms with Gasteiger partial charge in [-0.15, -0.1) is 11.8 Å². The highest BCUT2D eigenvalue weighted by Gasteiger charge is 2.08. The van der Waals surface area contributed by atoms with E-state index in [-0.39, 0.29) is 23.3 Å². The first-order chi connectivity index (χ1) is 12.5. The highest BCUT2D eigenvalue weighted by molar-refractivity contribution is 8.00. The number of rotatable bonds is 8. The van der Waals surface area contributed by atoms with Crippen LogP contribution in [-0.4, -0.2) is 30.4 Å². The van der Waals surface area contributed by atoms with Crippen molar-refractivity contribution in [3.05, 3.63) is 54.1 Å². The molecule has 2 rings (SSSR count). The number of hydrogen-bond acceptors (Lipinski definition) is 4. The summed E-state index contributed by atoms with van der Waals surface area (Å²) in [6.07, 6.45) is 0. The maximum Gasteiger partial charge on any atom is 0.234 e. The largest absolute Gasteiger partial charge is 0.497 e. The number of hydrogen-bond donors (Lipinski definition) is 2. The van der Waals surface area contributed by atoms with Gasteiger partial charge < -0.3 is 15.4 Å². The van der Waals surface area contributed by atoms with Crippen LogP contribution in [-0.2, 0) is 9.59 Å². The minimum absolute atomic E-state index is 0.117. The van der Waals surface area contributed by atoms with Gasteiger partial charge in [-0.05, 0) is 47.9 Å². The third-order valence-corrected chi connectivity index (χ3v) is 4.61. The van der Waals surface area contributed by atoms with E-state index in [2.05, 4.69) is 24.5 Å². The Balaban J connectivity index is 1.73. The van der Waals surface area contributed by atoms with Gasteiger partial charge in [0, 0.05) is 11.4 Å². The molecule has 0 atom stereocenters. The first-order valence-corrected chi connectivity index (χ1v) is 9.55. The summed E-state index contributed by atoms with van der Waals surface area (Å²) in [4.78, 5) is 24.0. The summed E-state index contributed by atoms with van der Waals surface area (Å²) < 4.78 is 5.07. The Bertz CT molecular complexity index is 745. The molecular formula is C20H24N2O3S. The second-order valence-electron chi connectivity index (χ2n) is 6.10. The molecule has 2 aromatic carbocycles. The molecule has 0 aliphatic heterocycles. The van der Waals surface area contributed by atoms with Crippen molar-refractivity contribution in [3.63, 3.8) is 0 Å². The monoisotopic (exact) mass is 372 g/mol. The van der Waals surface area contributed by atoms with Crippen molar-refractivity contribution < 1.29 is 14.3 Å². The van der Waals surface area contributed by atoms with Crippen LogP contribution in [0.5, 0.6) is 5.75 Å². The van der Waals surface area contributed by atoms with Crippen LogP contribution in [0.2, 0.25) is 0 Å². The van der Waals surface area contributed by atoms with Gasteiger partial charge in [-0.25, -0.2) is 0 Å². The van der Waals surface area contributed by atoms with Crippen LogP contribution < -0.4 is 15.4 Å². The normalized spacial score (nSPS) is 10.5. The molecule has 0 saturated carbocycles. The summed E-state index contributed by atoms with van der Waals surface area (Å²) in [6, 6.07) is 14.9. The lowest BCUT2D eigenvalue weighted by Gasteiger charge is -2.09. The Hall–Kier alpha value is -2.47. The van der Waals surface area contributed by atoms with Gasteiger partial charge in [0.05, 0.1) is 18.6 Å². The van der Waals surface area contributed by atoms with Crippen LogP contribution in [0.1, 0.15) is 25.3 Å². The zero-order valence-electron chi connectivity index (χ0n) is 15.2. The molecule has 0 fully saturated rings. The van der Waals surface area contributed by atoms with E-state index in [0.717, 1.165) is 11.4 Å². The average Bonchev–Trinajstić information content (AvgIpc) is 2.62. The van der Waals surface area contributed by atoms with Crippen molar-refractivity contribution in [2.75, 3.05) is 29.2 Å². The van der Waals surface area contributed by atoms with Crippen molar-refractivity contribution in [2.24, 2.45) is 0 Å². The van der Waals surface area contributed by atoms with E-state index < -0.39 is 0 Å². The first-order valence-electron chi connectivity index (χ1n) is 8.39. The van der Waals surface area contributed by atoms with E-state index in [9.17, 15) is 9.59 Å². The fourth-order valence-electron chi connectivity index (χ4n) is 2.28. The predicted octanol–water partition coefficient (Wildman–Crippen LogP) is 4.13. The number of amides is 2. The Morgan fingerprint density at radius 3 is 2.15 bits per heavy atom. The lowest BCUT2D eigenvalue weighted by atomic mass is 10.0. The van der Waals surface area contributed by atoms with E-state index in [1.165, 1.54) is 17.3 Å². The van der Waals surface area contributed by atoms with Crippen molar-refractivity contribution in [3.8, 4) is 5.75 Å². The van der Waals surface area contributed by atoms with Crippen LogP contribution in [0.4, 0.5) is 11.4 Å². The number of carbonyl (C=O) groups is 2. The Kier molecular flexibility index (Phi) is 7.53. The van der Waals surface area contributed by atoms with E-state index in [4.69, 9.17) is 4.74 Å². The molecular weight excluding hydrogens is 348 g/mol. The van der Waals surface area contributed by atoms with Gasteiger partial charge in [-0.3, -0.25) is 9.59 Å². The van der Waals surface area contributed by atoms with Gasteiger partial charge in [0.15, 0.2) is 0 Å². The maximum atomic E-state index is 12.0. The molecule has 0 aliphatic carbocycles. The Morgan fingerprint density at radius 1 is 0.962 bits per heavy atom. The van der Waals surface area contributed by atoms with Gasteiger partial charge in [-0.2, -0.15) is 0 Å². The second-order valence-corrected chi connectivity index (χ2v) is 7.08. The molecule has 138 valence electrons. The summed E-state index contributed by atoms with van der Waals surface area (Å²) in [5.41, 5.74) is 2.66. The van der Waals surface area contributed by atoms with Gasteiger partial charge in [-0.1, -0.05) is 26.0 Å². The average molecular weight is 372 g/mol. The highest BCUT2D eigenvalue weighted by atomic mass is 32.2. The molecule has 2 N–H and O–H groups in total. The van der Waals surface area contributed by atoms with Gasteiger partial charge in [0.1, 0.15) is 5.75 Å². The summed E-state index contributed by atoms with van der Waals surface area (Å²) in [5.74, 6) is 1.31. The Labute approximate surface area is 158 Å². The molecule has 5 nitrogen and oxygen atoms in total. The summed E-state index contributed by atoms with van der Waals surface area (Å²) in [6.45, 7) is 4.22. The first kappa shape index (κ1) is 19.8. The van der Waals surface area contributed by atoms with Gasteiger partial charge >= 0.3 is 0 Å². The number of carbonyl (C=O) groups excluding carboxylic acids is 2. The molecule has 2 aromatic rings. The number of anilines is 2. The van der Waals surface area contributed by atoms with Crippen LogP contribution >= 0.6 is 11.8 Å².